The zero-order valence-corrected chi connectivity index (χ0v) is 15.5. The standard InChI is InChI=1S/C20H21OPS/c1-15-16(2)23-17(3)20(15)22(14-21,18-10-6-4-7-11-18)19-12-8-5-9-13-19/h4-14,22H,1-3H3. The number of hydrogen-bond acceptors (Lipinski definition) is 2. The maximum atomic E-state index is 12.6. The number of rotatable bonds is 4. The van der Waals surface area contributed by atoms with Gasteiger partial charge in [0.05, 0.1) is 0 Å². The third-order valence-electron chi connectivity index (χ3n) is 4.59. The molecule has 0 unspecified atom stereocenters. The van der Waals surface area contributed by atoms with Crippen molar-refractivity contribution in [3.8, 4) is 0 Å². The van der Waals surface area contributed by atoms with Crippen molar-refractivity contribution in [3.05, 3.63) is 76.0 Å². The molecule has 0 radical (unpaired) electrons. The van der Waals surface area contributed by atoms with Crippen LogP contribution in [-0.4, -0.2) is 6.03 Å². The fourth-order valence-corrected chi connectivity index (χ4v) is 9.19. The van der Waals surface area contributed by atoms with Crippen LogP contribution >= 0.6 is 18.6 Å². The molecule has 118 valence electrons. The molecule has 0 aliphatic carbocycles. The first-order chi connectivity index (χ1) is 11.1. The van der Waals surface area contributed by atoms with Gasteiger partial charge < -0.3 is 0 Å². The molecule has 3 heteroatoms. The summed E-state index contributed by atoms with van der Waals surface area (Å²) in [6.07, 6.45) is 0. The molecular formula is C20H21OPS. The van der Waals surface area contributed by atoms with Crippen molar-refractivity contribution in [1.29, 1.82) is 0 Å². The number of thiophene rings is 1. The van der Waals surface area contributed by atoms with Gasteiger partial charge in [0.15, 0.2) is 0 Å². The normalized spacial score (nSPS) is 12.1. The van der Waals surface area contributed by atoms with Crippen LogP contribution in [0, 0.1) is 20.8 Å². The molecule has 1 nitrogen and oxygen atoms in total. The molecule has 0 saturated carbocycles. The van der Waals surface area contributed by atoms with Crippen molar-refractivity contribution in [3.63, 3.8) is 0 Å². The van der Waals surface area contributed by atoms with Crippen molar-refractivity contribution < 1.29 is 4.79 Å². The number of carbonyl (C=O) groups excluding carboxylic acids is 1. The zero-order chi connectivity index (χ0) is 16.4. The van der Waals surface area contributed by atoms with Gasteiger partial charge in [-0.05, 0) is 0 Å². The summed E-state index contributed by atoms with van der Waals surface area (Å²) in [4.78, 5) is 15.2. The van der Waals surface area contributed by atoms with Crippen molar-refractivity contribution in [1.82, 2.24) is 0 Å². The first-order valence-corrected chi connectivity index (χ1v) is 10.6. The second-order valence-electron chi connectivity index (χ2n) is 5.87. The third kappa shape index (κ3) is 2.56. The SMILES string of the molecule is Cc1sc(C)c([PH](C=O)(c2ccccc2)c2ccccc2)c1C. The van der Waals surface area contributed by atoms with E-state index in [2.05, 4.69) is 45.0 Å². The van der Waals surface area contributed by atoms with Crippen LogP contribution in [0.25, 0.3) is 0 Å². The summed E-state index contributed by atoms with van der Waals surface area (Å²) >= 11 is 1.80. The van der Waals surface area contributed by atoms with Crippen LogP contribution in [-0.2, 0) is 4.79 Å². The quantitative estimate of drug-likeness (QED) is 0.520. The van der Waals surface area contributed by atoms with Crippen molar-refractivity contribution in [2.45, 2.75) is 20.8 Å². The average molecular weight is 340 g/mol. The topological polar surface area (TPSA) is 17.1 Å². The Balaban J connectivity index is 2.41. The molecule has 0 fully saturated rings. The van der Waals surface area contributed by atoms with Gasteiger partial charge in [-0.1, -0.05) is 0 Å². The molecule has 3 aromatic rings. The van der Waals surface area contributed by atoms with Gasteiger partial charge in [0.25, 0.3) is 0 Å². The molecule has 1 heterocycles. The summed E-state index contributed by atoms with van der Waals surface area (Å²) in [7, 11) is -2.64. The van der Waals surface area contributed by atoms with E-state index in [1.807, 2.05) is 36.4 Å². The van der Waals surface area contributed by atoms with Crippen molar-refractivity contribution in [2.75, 3.05) is 0 Å². The van der Waals surface area contributed by atoms with Gasteiger partial charge in [0.1, 0.15) is 0 Å². The first kappa shape index (κ1) is 16.1. The summed E-state index contributed by atoms with van der Waals surface area (Å²) < 4.78 is 0. The van der Waals surface area contributed by atoms with E-state index in [1.165, 1.54) is 26.6 Å². The predicted molar refractivity (Wildman–Crippen MR) is 105 cm³/mol. The number of carbonyl (C=O) groups is 1. The predicted octanol–water partition coefficient (Wildman–Crippen LogP) is 3.89. The molecule has 23 heavy (non-hydrogen) atoms. The Hall–Kier alpha value is -1.76. The molecular weight excluding hydrogens is 319 g/mol. The molecule has 2 aromatic carbocycles. The molecule has 0 spiro atoms. The second kappa shape index (κ2) is 6.39. The van der Waals surface area contributed by atoms with E-state index in [9.17, 15) is 4.79 Å². The number of aryl methyl sites for hydroxylation is 2. The monoisotopic (exact) mass is 340 g/mol. The Morgan fingerprint density at radius 3 is 1.61 bits per heavy atom. The summed E-state index contributed by atoms with van der Waals surface area (Å²) in [6, 6.07) is 21.9. The molecule has 0 amide bonds. The average Bonchev–Trinajstić information content (AvgIpc) is 2.85. The fourth-order valence-electron chi connectivity index (χ4n) is 3.42. The van der Waals surface area contributed by atoms with E-state index in [1.54, 1.807) is 11.3 Å². The summed E-state index contributed by atoms with van der Waals surface area (Å²) in [6.45, 7) is 6.46. The van der Waals surface area contributed by atoms with Crippen LogP contribution in [0.15, 0.2) is 60.7 Å². The Morgan fingerprint density at radius 2 is 1.26 bits per heavy atom. The van der Waals surface area contributed by atoms with Gasteiger partial charge in [-0.2, -0.15) is 0 Å². The van der Waals surface area contributed by atoms with Crippen molar-refractivity contribution in [2.24, 2.45) is 0 Å². The molecule has 0 aliphatic heterocycles. The van der Waals surface area contributed by atoms with Crippen LogP contribution < -0.4 is 15.9 Å². The maximum absolute atomic E-state index is 12.6. The number of benzene rings is 2. The molecule has 0 N–H and O–H groups in total. The first-order valence-electron chi connectivity index (χ1n) is 7.75. The zero-order valence-electron chi connectivity index (χ0n) is 13.7. The van der Waals surface area contributed by atoms with Gasteiger partial charge in [-0.3, -0.25) is 0 Å². The van der Waals surface area contributed by atoms with E-state index in [4.69, 9.17) is 0 Å². The van der Waals surface area contributed by atoms with Gasteiger partial charge in [-0.25, -0.2) is 0 Å². The van der Waals surface area contributed by atoms with E-state index in [0.29, 0.717) is 0 Å². The Labute approximate surface area is 142 Å². The summed E-state index contributed by atoms with van der Waals surface area (Å²) in [5, 5.41) is 3.59. The van der Waals surface area contributed by atoms with Gasteiger partial charge in [0, 0.05) is 0 Å². The van der Waals surface area contributed by atoms with Crippen LogP contribution in [0.2, 0.25) is 0 Å². The molecule has 0 atom stereocenters. The van der Waals surface area contributed by atoms with Crippen LogP contribution in [0.1, 0.15) is 15.3 Å². The van der Waals surface area contributed by atoms with Gasteiger partial charge in [-0.15, -0.1) is 0 Å². The van der Waals surface area contributed by atoms with Gasteiger partial charge >= 0.3 is 142 Å². The number of hydrogen-bond donors (Lipinski definition) is 0. The second-order valence-corrected chi connectivity index (χ2v) is 10.8. The van der Waals surface area contributed by atoms with E-state index in [0.717, 1.165) is 10.6 Å². The van der Waals surface area contributed by atoms with Crippen LogP contribution in [0.4, 0.5) is 0 Å². The van der Waals surface area contributed by atoms with Crippen LogP contribution in [0.3, 0.4) is 0 Å². The summed E-state index contributed by atoms with van der Waals surface area (Å²) in [5.74, 6) is 0. The molecule has 0 aliphatic rings. The minimum atomic E-state index is -2.64. The fraction of sp³-hybridized carbons (Fsp3) is 0.150. The van der Waals surface area contributed by atoms with E-state index < -0.39 is 7.26 Å². The minimum absolute atomic E-state index is 1.16. The Bertz CT molecular complexity index is 782. The Morgan fingerprint density at radius 1 is 0.783 bits per heavy atom. The molecule has 3 rings (SSSR count). The molecule has 1 aromatic heterocycles. The van der Waals surface area contributed by atoms with Crippen LogP contribution in [0.5, 0.6) is 0 Å². The Kier molecular flexibility index (Phi) is 4.48. The summed E-state index contributed by atoms with van der Waals surface area (Å²) in [5.41, 5.74) is 1.28. The van der Waals surface area contributed by atoms with Gasteiger partial charge in [0.2, 0.25) is 0 Å². The van der Waals surface area contributed by atoms with Crippen molar-refractivity contribution >= 4 is 40.5 Å². The van der Waals surface area contributed by atoms with E-state index in [-0.39, 0.29) is 0 Å². The molecule has 0 saturated heterocycles. The third-order valence-corrected chi connectivity index (χ3v) is 10.3. The van der Waals surface area contributed by atoms with E-state index >= 15 is 0 Å². The molecule has 0 bridgehead atoms.